The second-order valence-corrected chi connectivity index (χ2v) is 5.63. The van der Waals surface area contributed by atoms with E-state index >= 15 is 0 Å². The highest BCUT2D eigenvalue weighted by Gasteiger charge is 2.37. The molecule has 2 atom stereocenters. The molecule has 1 aromatic carbocycles. The van der Waals surface area contributed by atoms with Crippen LogP contribution in [0, 0.1) is 18.7 Å². The van der Waals surface area contributed by atoms with Crippen molar-refractivity contribution < 1.29 is 9.18 Å². The highest BCUT2D eigenvalue weighted by atomic mass is 19.1. The molecular formula is C15H18FNO. The summed E-state index contributed by atoms with van der Waals surface area (Å²) >= 11 is 0. The van der Waals surface area contributed by atoms with E-state index in [9.17, 15) is 9.18 Å². The molecule has 18 heavy (non-hydrogen) atoms. The average Bonchev–Trinajstić information content (AvgIpc) is 2.70. The van der Waals surface area contributed by atoms with E-state index in [1.165, 1.54) is 25.0 Å². The smallest absolute Gasteiger partial charge is 0.166 e. The molecule has 0 radical (unpaired) electrons. The molecule has 0 saturated carbocycles. The number of Topliss-reactive ketones (excluding diaryl/α,β-unsaturated/α-hetero) is 1. The minimum absolute atomic E-state index is 0.0734. The molecule has 2 unspecified atom stereocenters. The third kappa shape index (κ3) is 2.07. The zero-order valence-corrected chi connectivity index (χ0v) is 10.6. The lowest BCUT2D eigenvalue weighted by Gasteiger charge is -2.28. The Bertz CT molecular complexity index is 473. The number of aryl methyl sites for hydroxylation is 1. The normalized spacial score (nSPS) is 30.4. The van der Waals surface area contributed by atoms with Crippen molar-refractivity contribution in [2.24, 2.45) is 5.92 Å². The maximum absolute atomic E-state index is 13.3. The van der Waals surface area contributed by atoms with E-state index in [1.807, 2.05) is 6.92 Å². The van der Waals surface area contributed by atoms with Gasteiger partial charge in [-0.2, -0.15) is 0 Å². The lowest BCUT2D eigenvalue weighted by Crippen LogP contribution is -2.40. The van der Waals surface area contributed by atoms with Gasteiger partial charge >= 0.3 is 0 Å². The molecule has 2 bridgehead atoms. The monoisotopic (exact) mass is 247 g/mol. The summed E-state index contributed by atoms with van der Waals surface area (Å²) in [6.07, 6.45) is 4.17. The molecule has 0 amide bonds. The highest BCUT2D eigenvalue weighted by Crippen LogP contribution is 2.33. The van der Waals surface area contributed by atoms with Crippen LogP contribution >= 0.6 is 0 Å². The molecule has 2 nitrogen and oxygen atoms in total. The third-order valence-corrected chi connectivity index (χ3v) is 4.31. The number of fused-ring (bicyclic) bond motifs is 2. The first-order valence-corrected chi connectivity index (χ1v) is 6.70. The number of hydrogen-bond acceptors (Lipinski definition) is 2. The van der Waals surface area contributed by atoms with Crippen molar-refractivity contribution in [3.05, 3.63) is 35.1 Å². The molecule has 1 aromatic rings. The van der Waals surface area contributed by atoms with Crippen LogP contribution in [0.3, 0.4) is 0 Å². The summed E-state index contributed by atoms with van der Waals surface area (Å²) in [5, 5.41) is 3.53. The summed E-state index contributed by atoms with van der Waals surface area (Å²) in [6, 6.07) is 5.48. The molecule has 3 rings (SSSR count). The largest absolute Gasteiger partial charge is 0.311 e. The van der Waals surface area contributed by atoms with Crippen LogP contribution in [0.4, 0.5) is 4.39 Å². The van der Waals surface area contributed by atoms with Gasteiger partial charge in [0.05, 0.1) is 0 Å². The van der Waals surface area contributed by atoms with Gasteiger partial charge in [0.2, 0.25) is 0 Å². The van der Waals surface area contributed by atoms with Gasteiger partial charge < -0.3 is 5.32 Å². The van der Waals surface area contributed by atoms with Gasteiger partial charge in [-0.25, -0.2) is 4.39 Å². The maximum Gasteiger partial charge on any atom is 0.166 e. The Labute approximate surface area is 107 Å². The lowest BCUT2D eigenvalue weighted by molar-refractivity contribution is 0.0874. The first-order chi connectivity index (χ1) is 8.63. The number of hydrogen-bond donors (Lipinski definition) is 1. The van der Waals surface area contributed by atoms with Crippen molar-refractivity contribution in [1.29, 1.82) is 0 Å². The van der Waals surface area contributed by atoms with Crippen LogP contribution in [-0.2, 0) is 0 Å². The Kier molecular flexibility index (Phi) is 2.94. The molecular weight excluding hydrogens is 229 g/mol. The number of carbonyl (C=O) groups excluding carboxylic acids is 1. The van der Waals surface area contributed by atoms with Crippen molar-refractivity contribution in [3.8, 4) is 0 Å². The molecule has 0 aliphatic carbocycles. The Morgan fingerprint density at radius 2 is 1.94 bits per heavy atom. The first-order valence-electron chi connectivity index (χ1n) is 6.70. The van der Waals surface area contributed by atoms with Gasteiger partial charge in [0.1, 0.15) is 5.82 Å². The van der Waals surface area contributed by atoms with Crippen molar-refractivity contribution in [1.82, 2.24) is 5.32 Å². The average molecular weight is 247 g/mol. The Balaban J connectivity index is 1.84. The second kappa shape index (κ2) is 4.47. The number of rotatable bonds is 2. The Hall–Kier alpha value is -1.22. The number of ketones is 1. The molecule has 2 fully saturated rings. The molecule has 3 heteroatoms. The van der Waals surface area contributed by atoms with Crippen LogP contribution in [0.15, 0.2) is 18.2 Å². The van der Waals surface area contributed by atoms with E-state index in [1.54, 1.807) is 6.07 Å². The van der Waals surface area contributed by atoms with Crippen LogP contribution in [0.5, 0.6) is 0 Å². The minimum Gasteiger partial charge on any atom is -0.311 e. The number of benzene rings is 1. The van der Waals surface area contributed by atoms with E-state index in [4.69, 9.17) is 0 Å². The predicted molar refractivity (Wildman–Crippen MR) is 68.1 cm³/mol. The summed E-state index contributed by atoms with van der Waals surface area (Å²) in [4.78, 5) is 12.5. The standard InChI is InChI=1S/C15H18FNO/c1-9-2-3-11(16)8-14(9)15(18)10-6-12-4-5-13(7-10)17-12/h2-3,8,10,12-13,17H,4-7H2,1H3. The van der Waals surface area contributed by atoms with E-state index in [2.05, 4.69) is 5.32 Å². The van der Waals surface area contributed by atoms with Crippen LogP contribution in [0.2, 0.25) is 0 Å². The van der Waals surface area contributed by atoms with Gasteiger partial charge in [-0.3, -0.25) is 4.79 Å². The molecule has 2 heterocycles. The number of halogens is 1. The van der Waals surface area contributed by atoms with Crippen LogP contribution in [0.25, 0.3) is 0 Å². The van der Waals surface area contributed by atoms with Crippen LogP contribution in [-0.4, -0.2) is 17.9 Å². The number of nitrogens with one attached hydrogen (secondary N) is 1. The predicted octanol–water partition coefficient (Wildman–Crippen LogP) is 2.85. The molecule has 2 aliphatic heterocycles. The molecule has 2 saturated heterocycles. The maximum atomic E-state index is 13.3. The Morgan fingerprint density at radius 3 is 2.61 bits per heavy atom. The van der Waals surface area contributed by atoms with Gasteiger partial charge in [-0.15, -0.1) is 0 Å². The molecule has 1 N–H and O–H groups in total. The van der Waals surface area contributed by atoms with Crippen LogP contribution < -0.4 is 5.32 Å². The molecule has 0 spiro atoms. The number of piperidine rings is 1. The minimum atomic E-state index is -0.319. The van der Waals surface area contributed by atoms with E-state index in [0.717, 1.165) is 18.4 Å². The quantitative estimate of drug-likeness (QED) is 0.814. The van der Waals surface area contributed by atoms with E-state index in [0.29, 0.717) is 17.6 Å². The zero-order chi connectivity index (χ0) is 12.7. The van der Waals surface area contributed by atoms with Crippen molar-refractivity contribution in [3.63, 3.8) is 0 Å². The van der Waals surface area contributed by atoms with E-state index in [-0.39, 0.29) is 17.5 Å². The summed E-state index contributed by atoms with van der Waals surface area (Å²) in [5.41, 5.74) is 1.45. The fraction of sp³-hybridized carbons (Fsp3) is 0.533. The van der Waals surface area contributed by atoms with Gasteiger partial charge in [0.25, 0.3) is 0 Å². The first kappa shape index (κ1) is 11.8. The van der Waals surface area contributed by atoms with Crippen molar-refractivity contribution in [2.75, 3.05) is 0 Å². The lowest BCUT2D eigenvalue weighted by atomic mass is 9.85. The van der Waals surface area contributed by atoms with Crippen molar-refractivity contribution in [2.45, 2.75) is 44.7 Å². The summed E-state index contributed by atoms with van der Waals surface area (Å²) in [5.74, 6) is -0.115. The van der Waals surface area contributed by atoms with Gasteiger partial charge in [0, 0.05) is 23.6 Å². The second-order valence-electron chi connectivity index (χ2n) is 5.63. The van der Waals surface area contributed by atoms with E-state index < -0.39 is 0 Å². The van der Waals surface area contributed by atoms with Crippen molar-refractivity contribution >= 4 is 5.78 Å². The fourth-order valence-corrected chi connectivity index (χ4v) is 3.35. The zero-order valence-electron chi connectivity index (χ0n) is 10.6. The SMILES string of the molecule is Cc1ccc(F)cc1C(=O)C1CC2CCC(C1)N2. The summed E-state index contributed by atoms with van der Waals surface area (Å²) in [7, 11) is 0. The topological polar surface area (TPSA) is 29.1 Å². The Morgan fingerprint density at radius 1 is 1.28 bits per heavy atom. The van der Waals surface area contributed by atoms with Gasteiger partial charge in [0.15, 0.2) is 5.78 Å². The number of carbonyl (C=O) groups is 1. The fourth-order valence-electron chi connectivity index (χ4n) is 3.35. The van der Waals surface area contributed by atoms with Gasteiger partial charge in [-0.1, -0.05) is 6.07 Å². The summed E-state index contributed by atoms with van der Waals surface area (Å²) in [6.45, 7) is 1.88. The summed E-state index contributed by atoms with van der Waals surface area (Å²) < 4.78 is 13.3. The third-order valence-electron chi connectivity index (χ3n) is 4.31. The molecule has 0 aromatic heterocycles. The van der Waals surface area contributed by atoms with Gasteiger partial charge in [-0.05, 0) is 50.3 Å². The molecule has 96 valence electrons. The molecule has 2 aliphatic rings. The van der Waals surface area contributed by atoms with Crippen LogP contribution in [0.1, 0.15) is 41.6 Å². The highest BCUT2D eigenvalue weighted by molar-refractivity contribution is 5.99.